The highest BCUT2D eigenvalue weighted by Gasteiger charge is 2.23. The molecule has 1 aliphatic rings. The summed E-state index contributed by atoms with van der Waals surface area (Å²) >= 11 is 3.31. The molecule has 2 aromatic heterocycles. The Labute approximate surface area is 117 Å². The zero-order valence-electron chi connectivity index (χ0n) is 9.95. The van der Waals surface area contributed by atoms with E-state index in [9.17, 15) is 10.1 Å². The van der Waals surface area contributed by atoms with E-state index in [1.165, 1.54) is 6.20 Å². The van der Waals surface area contributed by atoms with Crippen molar-refractivity contribution in [2.75, 3.05) is 31.2 Å². The molecule has 3 rings (SSSR count). The van der Waals surface area contributed by atoms with Crippen LogP contribution in [0.4, 0.5) is 11.4 Å². The van der Waals surface area contributed by atoms with Gasteiger partial charge in [0.1, 0.15) is 15.9 Å². The lowest BCUT2D eigenvalue weighted by Gasteiger charge is -2.28. The summed E-state index contributed by atoms with van der Waals surface area (Å²) in [5.41, 5.74) is 1.35. The first-order valence-electron chi connectivity index (χ1n) is 5.80. The van der Waals surface area contributed by atoms with Gasteiger partial charge in [-0.2, -0.15) is 0 Å². The van der Waals surface area contributed by atoms with Crippen LogP contribution in [-0.4, -0.2) is 40.6 Å². The summed E-state index contributed by atoms with van der Waals surface area (Å²) in [7, 11) is 0. The van der Waals surface area contributed by atoms with Crippen LogP contribution in [0.25, 0.3) is 5.65 Å². The van der Waals surface area contributed by atoms with E-state index in [-0.39, 0.29) is 10.6 Å². The molecule has 7 nitrogen and oxygen atoms in total. The van der Waals surface area contributed by atoms with Crippen molar-refractivity contribution in [1.29, 1.82) is 0 Å². The van der Waals surface area contributed by atoms with Gasteiger partial charge in [-0.25, -0.2) is 4.98 Å². The third-order valence-electron chi connectivity index (χ3n) is 3.11. The maximum atomic E-state index is 11.2. The molecule has 0 atom stereocenters. The van der Waals surface area contributed by atoms with E-state index in [4.69, 9.17) is 4.74 Å². The van der Waals surface area contributed by atoms with E-state index in [1.807, 2.05) is 4.90 Å². The van der Waals surface area contributed by atoms with Gasteiger partial charge in [-0.05, 0) is 15.9 Å². The zero-order valence-corrected chi connectivity index (χ0v) is 11.5. The van der Waals surface area contributed by atoms with Gasteiger partial charge in [0.2, 0.25) is 0 Å². The van der Waals surface area contributed by atoms with Crippen molar-refractivity contribution in [2.24, 2.45) is 0 Å². The summed E-state index contributed by atoms with van der Waals surface area (Å²) < 4.78 is 7.62. The SMILES string of the molecule is O=[N+]([O-])c1cn2c(Br)cnc2cc1N1CCOCC1. The number of hydrogen-bond acceptors (Lipinski definition) is 5. The molecule has 1 saturated heterocycles. The Morgan fingerprint density at radius 3 is 2.84 bits per heavy atom. The van der Waals surface area contributed by atoms with Crippen LogP contribution in [0.15, 0.2) is 23.1 Å². The minimum Gasteiger partial charge on any atom is -0.378 e. The normalized spacial score (nSPS) is 15.9. The monoisotopic (exact) mass is 326 g/mol. The topological polar surface area (TPSA) is 72.9 Å². The number of pyridine rings is 1. The average Bonchev–Trinajstić information content (AvgIpc) is 2.79. The van der Waals surface area contributed by atoms with Crippen molar-refractivity contribution in [3.05, 3.63) is 33.2 Å². The van der Waals surface area contributed by atoms with Gasteiger partial charge < -0.3 is 9.64 Å². The van der Waals surface area contributed by atoms with Gasteiger partial charge in [0, 0.05) is 19.2 Å². The molecule has 3 heterocycles. The lowest BCUT2D eigenvalue weighted by Crippen LogP contribution is -2.36. The van der Waals surface area contributed by atoms with Gasteiger partial charge in [0.15, 0.2) is 0 Å². The molecule has 0 amide bonds. The molecule has 0 saturated carbocycles. The minimum atomic E-state index is -0.364. The Morgan fingerprint density at radius 1 is 1.42 bits per heavy atom. The van der Waals surface area contributed by atoms with Crippen molar-refractivity contribution >= 4 is 33.0 Å². The van der Waals surface area contributed by atoms with Crippen molar-refractivity contribution in [2.45, 2.75) is 0 Å². The van der Waals surface area contributed by atoms with Crippen LogP contribution in [0.3, 0.4) is 0 Å². The highest BCUT2D eigenvalue weighted by atomic mass is 79.9. The van der Waals surface area contributed by atoms with Crippen LogP contribution in [0, 0.1) is 10.1 Å². The number of anilines is 1. The van der Waals surface area contributed by atoms with Crippen molar-refractivity contribution in [3.8, 4) is 0 Å². The molecule has 1 aliphatic heterocycles. The molecular formula is C11H11BrN4O3. The van der Waals surface area contributed by atoms with Gasteiger partial charge in [0.05, 0.1) is 30.5 Å². The van der Waals surface area contributed by atoms with Gasteiger partial charge in [0.25, 0.3) is 0 Å². The molecular weight excluding hydrogens is 316 g/mol. The number of ether oxygens (including phenoxy) is 1. The number of rotatable bonds is 2. The lowest BCUT2D eigenvalue weighted by atomic mass is 10.2. The highest BCUT2D eigenvalue weighted by molar-refractivity contribution is 9.10. The molecule has 8 heteroatoms. The van der Waals surface area contributed by atoms with E-state index in [1.54, 1.807) is 16.7 Å². The summed E-state index contributed by atoms with van der Waals surface area (Å²) in [5, 5.41) is 11.2. The van der Waals surface area contributed by atoms with Crippen molar-refractivity contribution in [1.82, 2.24) is 9.38 Å². The van der Waals surface area contributed by atoms with Crippen LogP contribution in [0.1, 0.15) is 0 Å². The third kappa shape index (κ3) is 2.17. The molecule has 0 radical (unpaired) electrons. The Morgan fingerprint density at radius 2 is 2.16 bits per heavy atom. The van der Waals surface area contributed by atoms with Crippen LogP contribution < -0.4 is 4.90 Å². The van der Waals surface area contributed by atoms with Crippen molar-refractivity contribution < 1.29 is 9.66 Å². The smallest absolute Gasteiger partial charge is 0.309 e. The summed E-state index contributed by atoms with van der Waals surface area (Å²) in [6, 6.07) is 1.74. The van der Waals surface area contributed by atoms with E-state index in [2.05, 4.69) is 20.9 Å². The molecule has 0 unspecified atom stereocenters. The number of hydrogen-bond donors (Lipinski definition) is 0. The van der Waals surface area contributed by atoms with Gasteiger partial charge in [-0.3, -0.25) is 14.5 Å². The number of halogens is 1. The Kier molecular flexibility index (Phi) is 3.11. The number of morpholine rings is 1. The van der Waals surface area contributed by atoms with E-state index in [0.717, 1.165) is 0 Å². The zero-order chi connectivity index (χ0) is 13.4. The first-order chi connectivity index (χ1) is 9.16. The first-order valence-corrected chi connectivity index (χ1v) is 6.60. The second-order valence-corrected chi connectivity index (χ2v) is 5.02. The number of imidazole rings is 1. The Hall–Kier alpha value is -1.67. The fourth-order valence-electron chi connectivity index (χ4n) is 2.17. The summed E-state index contributed by atoms with van der Waals surface area (Å²) in [5.74, 6) is 0. The van der Waals surface area contributed by atoms with Gasteiger partial charge in [-0.1, -0.05) is 0 Å². The van der Waals surface area contributed by atoms with E-state index < -0.39 is 0 Å². The number of aromatic nitrogens is 2. The molecule has 2 aromatic rings. The van der Waals surface area contributed by atoms with E-state index >= 15 is 0 Å². The highest BCUT2D eigenvalue weighted by Crippen LogP contribution is 2.31. The van der Waals surface area contributed by atoms with Crippen molar-refractivity contribution in [3.63, 3.8) is 0 Å². The average molecular weight is 327 g/mol. The maximum absolute atomic E-state index is 11.2. The predicted molar refractivity (Wildman–Crippen MR) is 72.6 cm³/mol. The molecule has 19 heavy (non-hydrogen) atoms. The van der Waals surface area contributed by atoms with Gasteiger partial charge >= 0.3 is 5.69 Å². The van der Waals surface area contributed by atoms with Crippen LogP contribution in [0.2, 0.25) is 0 Å². The Bertz CT molecular complexity index is 636. The second-order valence-electron chi connectivity index (χ2n) is 4.21. The summed E-state index contributed by atoms with van der Waals surface area (Å²) in [4.78, 5) is 17.0. The van der Waals surface area contributed by atoms with Crippen LogP contribution in [-0.2, 0) is 4.74 Å². The number of nitrogens with zero attached hydrogens (tertiary/aromatic N) is 4. The van der Waals surface area contributed by atoms with E-state index in [0.29, 0.717) is 42.2 Å². The standard InChI is InChI=1S/C11H11BrN4O3/c12-10-6-13-11-5-8(14-1-3-19-4-2-14)9(16(17)18)7-15(10)11/h5-7H,1-4H2. The largest absolute Gasteiger partial charge is 0.378 e. The minimum absolute atomic E-state index is 0.0769. The number of fused-ring (bicyclic) bond motifs is 1. The van der Waals surface area contributed by atoms with Crippen LogP contribution >= 0.6 is 15.9 Å². The first kappa shape index (κ1) is 12.4. The fourth-order valence-corrected chi connectivity index (χ4v) is 2.56. The fraction of sp³-hybridized carbons (Fsp3) is 0.364. The van der Waals surface area contributed by atoms with Crippen LogP contribution in [0.5, 0.6) is 0 Å². The molecule has 0 aliphatic carbocycles. The molecule has 1 fully saturated rings. The second kappa shape index (κ2) is 4.78. The molecule has 0 bridgehead atoms. The Balaban J connectivity index is 2.14. The summed E-state index contributed by atoms with van der Waals surface area (Å²) in [6.45, 7) is 2.47. The predicted octanol–water partition coefficient (Wildman–Crippen LogP) is 1.84. The molecule has 0 spiro atoms. The third-order valence-corrected chi connectivity index (χ3v) is 3.70. The molecule has 0 N–H and O–H groups in total. The maximum Gasteiger partial charge on any atom is 0.309 e. The quantitative estimate of drug-likeness (QED) is 0.622. The lowest BCUT2D eigenvalue weighted by molar-refractivity contribution is -0.384. The van der Waals surface area contributed by atoms with Gasteiger partial charge in [-0.15, -0.1) is 0 Å². The molecule has 0 aromatic carbocycles. The number of nitro groups is 1. The molecule has 100 valence electrons. The summed E-state index contributed by atoms with van der Waals surface area (Å²) in [6.07, 6.45) is 3.12.